The van der Waals surface area contributed by atoms with Crippen molar-refractivity contribution < 1.29 is 19.6 Å². The fourth-order valence-electron chi connectivity index (χ4n) is 2.07. The fraction of sp³-hybridized carbons (Fsp3) is 0.462. The van der Waals surface area contributed by atoms with Gasteiger partial charge < -0.3 is 14.7 Å². The molecule has 1 aromatic carbocycles. The number of amides is 1. The van der Waals surface area contributed by atoms with Gasteiger partial charge in [0.1, 0.15) is 0 Å². The lowest BCUT2D eigenvalue weighted by Crippen LogP contribution is -2.35. The number of aliphatic hydroxyl groups is 1. The molecule has 7 nitrogen and oxygen atoms in total. The monoisotopic (exact) mass is 280 g/mol. The molecule has 0 radical (unpaired) electrons. The molecule has 1 fully saturated rings. The van der Waals surface area contributed by atoms with Crippen LogP contribution in [0.15, 0.2) is 18.2 Å². The van der Waals surface area contributed by atoms with Crippen LogP contribution in [0.4, 0.5) is 5.69 Å². The highest BCUT2D eigenvalue weighted by molar-refractivity contribution is 5.95. The fourth-order valence-corrected chi connectivity index (χ4v) is 2.07. The standard InChI is InChI=1S/C13H16N2O5/c1-20-12-8-9(2-5-11(12)15(18)19)13(17)14(6-7-16)10-3-4-10/h2,5,8,10,16H,3-4,6-7H2,1H3. The van der Waals surface area contributed by atoms with Crippen LogP contribution >= 0.6 is 0 Å². The highest BCUT2D eigenvalue weighted by Crippen LogP contribution is 2.31. The molecular weight excluding hydrogens is 264 g/mol. The van der Waals surface area contributed by atoms with Crippen molar-refractivity contribution in [3.05, 3.63) is 33.9 Å². The molecule has 0 atom stereocenters. The van der Waals surface area contributed by atoms with E-state index < -0.39 is 4.92 Å². The SMILES string of the molecule is COc1cc(C(=O)N(CCO)C2CC2)ccc1[N+](=O)[O-]. The normalized spacial score (nSPS) is 13.9. The van der Waals surface area contributed by atoms with Crippen LogP contribution in [0.3, 0.4) is 0 Å². The lowest BCUT2D eigenvalue weighted by atomic mass is 10.1. The topological polar surface area (TPSA) is 92.9 Å². The summed E-state index contributed by atoms with van der Waals surface area (Å²) in [6, 6.07) is 4.20. The van der Waals surface area contributed by atoms with Crippen LogP contribution in [0.1, 0.15) is 23.2 Å². The van der Waals surface area contributed by atoms with Gasteiger partial charge in [0.05, 0.1) is 18.6 Å². The van der Waals surface area contributed by atoms with E-state index in [0.717, 1.165) is 12.8 Å². The lowest BCUT2D eigenvalue weighted by Gasteiger charge is -2.21. The largest absolute Gasteiger partial charge is 0.490 e. The Hall–Kier alpha value is -2.15. The molecule has 0 aliphatic heterocycles. The van der Waals surface area contributed by atoms with Gasteiger partial charge in [0, 0.05) is 30.3 Å². The predicted molar refractivity (Wildman–Crippen MR) is 70.8 cm³/mol. The molecule has 1 aliphatic carbocycles. The zero-order chi connectivity index (χ0) is 14.7. The first kappa shape index (κ1) is 14.3. The predicted octanol–water partition coefficient (Wildman–Crippen LogP) is 1.20. The van der Waals surface area contributed by atoms with Crippen LogP contribution in [0.2, 0.25) is 0 Å². The Morgan fingerprint density at radius 1 is 1.55 bits per heavy atom. The number of methoxy groups -OCH3 is 1. The minimum Gasteiger partial charge on any atom is -0.490 e. The molecule has 1 aromatic rings. The summed E-state index contributed by atoms with van der Waals surface area (Å²) in [5, 5.41) is 19.8. The van der Waals surface area contributed by atoms with Crippen molar-refractivity contribution in [3.63, 3.8) is 0 Å². The molecule has 0 aromatic heterocycles. The number of carbonyl (C=O) groups excluding carboxylic acids is 1. The number of nitro groups is 1. The van der Waals surface area contributed by atoms with E-state index in [-0.39, 0.29) is 36.5 Å². The molecule has 1 aliphatic rings. The first-order valence-corrected chi connectivity index (χ1v) is 6.32. The summed E-state index contributed by atoms with van der Waals surface area (Å²) >= 11 is 0. The minimum atomic E-state index is -0.556. The van der Waals surface area contributed by atoms with Crippen molar-refractivity contribution in [1.29, 1.82) is 0 Å². The van der Waals surface area contributed by atoms with E-state index in [9.17, 15) is 14.9 Å². The summed E-state index contributed by atoms with van der Waals surface area (Å²) in [4.78, 5) is 24.2. The van der Waals surface area contributed by atoms with E-state index in [1.54, 1.807) is 4.90 Å². The van der Waals surface area contributed by atoms with Crippen LogP contribution in [-0.2, 0) is 0 Å². The third-order valence-corrected chi connectivity index (χ3v) is 3.21. The molecule has 1 saturated carbocycles. The van der Waals surface area contributed by atoms with Crippen molar-refractivity contribution in [3.8, 4) is 5.75 Å². The van der Waals surface area contributed by atoms with E-state index in [1.165, 1.54) is 25.3 Å². The van der Waals surface area contributed by atoms with Crippen molar-refractivity contribution in [2.45, 2.75) is 18.9 Å². The average molecular weight is 280 g/mol. The Labute approximate surface area is 115 Å². The maximum Gasteiger partial charge on any atom is 0.310 e. The third kappa shape index (κ3) is 2.88. The molecule has 108 valence electrons. The molecule has 0 spiro atoms. The van der Waals surface area contributed by atoms with Gasteiger partial charge in [-0.15, -0.1) is 0 Å². The first-order chi connectivity index (χ1) is 9.58. The zero-order valence-corrected chi connectivity index (χ0v) is 11.1. The van der Waals surface area contributed by atoms with Crippen LogP contribution in [-0.4, -0.2) is 47.1 Å². The van der Waals surface area contributed by atoms with Gasteiger partial charge in [-0.25, -0.2) is 0 Å². The van der Waals surface area contributed by atoms with Gasteiger partial charge in [0.15, 0.2) is 5.75 Å². The molecule has 0 heterocycles. The van der Waals surface area contributed by atoms with Gasteiger partial charge in [0.25, 0.3) is 5.91 Å². The molecule has 0 unspecified atom stereocenters. The Morgan fingerprint density at radius 3 is 2.75 bits per heavy atom. The average Bonchev–Trinajstić information content (AvgIpc) is 3.27. The summed E-state index contributed by atoms with van der Waals surface area (Å²) in [5.74, 6) is -0.185. The molecule has 0 saturated heterocycles. The number of rotatable bonds is 6. The molecule has 20 heavy (non-hydrogen) atoms. The van der Waals surface area contributed by atoms with Gasteiger partial charge in [-0.3, -0.25) is 14.9 Å². The number of carbonyl (C=O) groups is 1. The molecule has 1 amide bonds. The van der Waals surface area contributed by atoms with E-state index >= 15 is 0 Å². The van der Waals surface area contributed by atoms with Gasteiger partial charge in [-0.1, -0.05) is 0 Å². The summed E-state index contributed by atoms with van der Waals surface area (Å²) in [7, 11) is 1.32. The van der Waals surface area contributed by atoms with Crippen molar-refractivity contribution in [2.75, 3.05) is 20.3 Å². The van der Waals surface area contributed by atoms with Gasteiger partial charge in [-0.05, 0) is 18.9 Å². The highest BCUT2D eigenvalue weighted by Gasteiger charge is 2.33. The Bertz CT molecular complexity index is 527. The third-order valence-electron chi connectivity index (χ3n) is 3.21. The van der Waals surface area contributed by atoms with Gasteiger partial charge in [-0.2, -0.15) is 0 Å². The molecule has 7 heteroatoms. The maximum absolute atomic E-state index is 12.4. The zero-order valence-electron chi connectivity index (χ0n) is 11.1. The number of hydrogen-bond acceptors (Lipinski definition) is 5. The van der Waals surface area contributed by atoms with Crippen molar-refractivity contribution >= 4 is 11.6 Å². The molecule has 1 N–H and O–H groups in total. The molecular formula is C13H16N2O5. The number of benzene rings is 1. The van der Waals surface area contributed by atoms with Crippen LogP contribution in [0.5, 0.6) is 5.75 Å². The van der Waals surface area contributed by atoms with Gasteiger partial charge in [0.2, 0.25) is 0 Å². The van der Waals surface area contributed by atoms with Crippen molar-refractivity contribution in [2.24, 2.45) is 0 Å². The van der Waals surface area contributed by atoms with Crippen LogP contribution in [0.25, 0.3) is 0 Å². The van der Waals surface area contributed by atoms with E-state index in [0.29, 0.717) is 5.56 Å². The van der Waals surface area contributed by atoms with Crippen LogP contribution in [0, 0.1) is 10.1 Å². The molecule has 0 bridgehead atoms. The number of nitro benzene ring substituents is 1. The van der Waals surface area contributed by atoms with E-state index in [4.69, 9.17) is 9.84 Å². The maximum atomic E-state index is 12.4. The smallest absolute Gasteiger partial charge is 0.310 e. The first-order valence-electron chi connectivity index (χ1n) is 6.32. The van der Waals surface area contributed by atoms with Crippen LogP contribution < -0.4 is 4.74 Å². The van der Waals surface area contributed by atoms with E-state index in [2.05, 4.69) is 0 Å². The second-order valence-corrected chi connectivity index (χ2v) is 4.60. The summed E-state index contributed by atoms with van der Waals surface area (Å²) in [6.45, 7) is 0.162. The number of ether oxygens (including phenoxy) is 1. The quantitative estimate of drug-likeness (QED) is 0.624. The number of nitrogens with zero attached hydrogens (tertiary/aromatic N) is 2. The molecule has 2 rings (SSSR count). The Balaban J connectivity index is 2.27. The Kier molecular flexibility index (Phi) is 4.19. The summed E-state index contributed by atoms with van der Waals surface area (Å²) < 4.78 is 4.95. The summed E-state index contributed by atoms with van der Waals surface area (Å²) in [5.41, 5.74) is 0.150. The Morgan fingerprint density at radius 2 is 2.25 bits per heavy atom. The summed E-state index contributed by atoms with van der Waals surface area (Å²) in [6.07, 6.45) is 1.85. The second kappa shape index (κ2) is 5.87. The van der Waals surface area contributed by atoms with Gasteiger partial charge >= 0.3 is 5.69 Å². The minimum absolute atomic E-state index is 0.0561. The number of aliphatic hydroxyl groups excluding tert-OH is 1. The number of hydrogen-bond donors (Lipinski definition) is 1. The van der Waals surface area contributed by atoms with E-state index in [1.807, 2.05) is 0 Å². The lowest BCUT2D eigenvalue weighted by molar-refractivity contribution is -0.385. The van der Waals surface area contributed by atoms with Crippen molar-refractivity contribution in [1.82, 2.24) is 4.90 Å². The second-order valence-electron chi connectivity index (χ2n) is 4.60. The highest BCUT2D eigenvalue weighted by atomic mass is 16.6.